The molecule has 0 amide bonds. The average Bonchev–Trinajstić information content (AvgIpc) is 2.41. The fourth-order valence-electron chi connectivity index (χ4n) is 3.63. The van der Waals surface area contributed by atoms with Crippen LogP contribution in [0.3, 0.4) is 0 Å². The molecule has 19 heavy (non-hydrogen) atoms. The first-order valence-corrected chi connectivity index (χ1v) is 7.35. The summed E-state index contributed by atoms with van der Waals surface area (Å²) in [6, 6.07) is 6.76. The number of halogens is 1. The van der Waals surface area contributed by atoms with Crippen molar-refractivity contribution in [2.75, 3.05) is 13.1 Å². The van der Waals surface area contributed by atoms with Gasteiger partial charge in [-0.25, -0.2) is 4.39 Å². The smallest absolute Gasteiger partial charge is 0.123 e. The normalized spacial score (nSPS) is 32.0. The van der Waals surface area contributed by atoms with E-state index < -0.39 is 5.60 Å². The Kier molecular flexibility index (Phi) is 3.59. The molecule has 104 valence electrons. The Labute approximate surface area is 114 Å². The molecule has 0 radical (unpaired) electrons. The van der Waals surface area contributed by atoms with E-state index in [4.69, 9.17) is 0 Å². The van der Waals surface area contributed by atoms with E-state index in [-0.39, 0.29) is 5.82 Å². The standard InChI is InChI=1S/C16H22FNO/c17-15-6-4-13(5-7-15)11-18-10-9-16(19)8-2-1-3-14(16)12-18/h4-7,14,19H,1-3,8-12H2. The van der Waals surface area contributed by atoms with Crippen LogP contribution < -0.4 is 0 Å². The van der Waals surface area contributed by atoms with Gasteiger partial charge in [-0.2, -0.15) is 0 Å². The van der Waals surface area contributed by atoms with E-state index in [9.17, 15) is 9.50 Å². The van der Waals surface area contributed by atoms with Crippen molar-refractivity contribution >= 4 is 0 Å². The first-order valence-electron chi connectivity index (χ1n) is 7.35. The number of aliphatic hydroxyl groups is 1. The molecule has 3 heteroatoms. The van der Waals surface area contributed by atoms with Crippen molar-refractivity contribution in [2.45, 2.75) is 44.2 Å². The van der Waals surface area contributed by atoms with Crippen LogP contribution in [-0.4, -0.2) is 28.7 Å². The van der Waals surface area contributed by atoms with Gasteiger partial charge in [-0.3, -0.25) is 4.90 Å². The minimum atomic E-state index is -0.405. The number of rotatable bonds is 2. The number of hydrogen-bond donors (Lipinski definition) is 1. The second kappa shape index (κ2) is 5.22. The van der Waals surface area contributed by atoms with Crippen LogP contribution >= 0.6 is 0 Å². The molecule has 1 aliphatic carbocycles. The SMILES string of the molecule is OC12CCCCC1CN(Cc1ccc(F)cc1)CC2. The highest BCUT2D eigenvalue weighted by Gasteiger charge is 2.42. The second-order valence-electron chi connectivity index (χ2n) is 6.16. The monoisotopic (exact) mass is 263 g/mol. The number of likely N-dealkylation sites (tertiary alicyclic amines) is 1. The number of nitrogens with zero attached hydrogens (tertiary/aromatic N) is 1. The summed E-state index contributed by atoms with van der Waals surface area (Å²) >= 11 is 0. The van der Waals surface area contributed by atoms with Gasteiger partial charge in [0, 0.05) is 25.6 Å². The lowest BCUT2D eigenvalue weighted by Crippen LogP contribution is -2.52. The van der Waals surface area contributed by atoms with E-state index in [1.807, 2.05) is 12.1 Å². The van der Waals surface area contributed by atoms with E-state index in [1.165, 1.54) is 25.0 Å². The van der Waals surface area contributed by atoms with Crippen LogP contribution in [0.1, 0.15) is 37.7 Å². The summed E-state index contributed by atoms with van der Waals surface area (Å²) in [6.45, 7) is 2.80. The lowest BCUT2D eigenvalue weighted by Gasteiger charge is -2.47. The largest absolute Gasteiger partial charge is 0.390 e. The average molecular weight is 263 g/mol. The molecule has 3 rings (SSSR count). The van der Waals surface area contributed by atoms with Gasteiger partial charge in [0.05, 0.1) is 5.60 Å². The van der Waals surface area contributed by atoms with Crippen LogP contribution in [0.2, 0.25) is 0 Å². The minimum absolute atomic E-state index is 0.177. The molecule has 2 nitrogen and oxygen atoms in total. The molecule has 0 spiro atoms. The molecule has 0 aromatic heterocycles. The van der Waals surface area contributed by atoms with Crippen molar-refractivity contribution in [3.63, 3.8) is 0 Å². The summed E-state index contributed by atoms with van der Waals surface area (Å²) in [5, 5.41) is 10.6. The van der Waals surface area contributed by atoms with Gasteiger partial charge in [0.15, 0.2) is 0 Å². The maximum Gasteiger partial charge on any atom is 0.123 e. The summed E-state index contributed by atoms with van der Waals surface area (Å²) in [4.78, 5) is 2.40. The van der Waals surface area contributed by atoms with E-state index >= 15 is 0 Å². The molecule has 1 saturated heterocycles. The predicted octanol–water partition coefficient (Wildman–Crippen LogP) is 2.95. The molecular weight excluding hydrogens is 241 g/mol. The molecule has 0 bridgehead atoms. The third-order valence-corrected chi connectivity index (χ3v) is 4.83. The first kappa shape index (κ1) is 13.1. The van der Waals surface area contributed by atoms with Crippen LogP contribution in [0.4, 0.5) is 4.39 Å². The van der Waals surface area contributed by atoms with Gasteiger partial charge >= 0.3 is 0 Å². The Morgan fingerprint density at radius 3 is 2.79 bits per heavy atom. The Morgan fingerprint density at radius 2 is 2.00 bits per heavy atom. The van der Waals surface area contributed by atoms with Crippen molar-refractivity contribution in [3.8, 4) is 0 Å². The number of fused-ring (bicyclic) bond motifs is 1. The van der Waals surface area contributed by atoms with Crippen molar-refractivity contribution in [3.05, 3.63) is 35.6 Å². The lowest BCUT2D eigenvalue weighted by atomic mass is 9.71. The van der Waals surface area contributed by atoms with E-state index in [0.29, 0.717) is 5.92 Å². The zero-order chi connectivity index (χ0) is 13.3. The molecule has 1 aromatic rings. The molecule has 2 aliphatic rings. The zero-order valence-corrected chi connectivity index (χ0v) is 11.3. The Hall–Kier alpha value is -0.930. The Bertz CT molecular complexity index is 433. The van der Waals surface area contributed by atoms with Crippen molar-refractivity contribution in [1.29, 1.82) is 0 Å². The van der Waals surface area contributed by atoms with Crippen LogP contribution in [0.5, 0.6) is 0 Å². The summed E-state index contributed by atoms with van der Waals surface area (Å²) in [5.74, 6) is 0.250. The van der Waals surface area contributed by atoms with Crippen molar-refractivity contribution in [1.82, 2.24) is 4.90 Å². The molecule has 1 aromatic carbocycles. The molecule has 1 saturated carbocycles. The van der Waals surface area contributed by atoms with Gasteiger partial charge in [0.2, 0.25) is 0 Å². The summed E-state index contributed by atoms with van der Waals surface area (Å²) in [5.41, 5.74) is 0.750. The van der Waals surface area contributed by atoms with Gasteiger partial charge in [0.25, 0.3) is 0 Å². The Balaban J connectivity index is 1.63. The highest BCUT2D eigenvalue weighted by molar-refractivity contribution is 5.16. The highest BCUT2D eigenvalue weighted by atomic mass is 19.1. The van der Waals surface area contributed by atoms with Gasteiger partial charge in [0.1, 0.15) is 5.82 Å². The van der Waals surface area contributed by atoms with Gasteiger partial charge in [-0.1, -0.05) is 25.0 Å². The molecule has 1 heterocycles. The molecule has 2 fully saturated rings. The highest BCUT2D eigenvalue weighted by Crippen LogP contribution is 2.39. The molecular formula is C16H22FNO. The third kappa shape index (κ3) is 2.82. The molecule has 1 N–H and O–H groups in total. The summed E-state index contributed by atoms with van der Waals surface area (Å²) in [7, 11) is 0. The lowest BCUT2D eigenvalue weighted by molar-refractivity contribution is -0.0967. The maximum absolute atomic E-state index is 12.9. The first-order chi connectivity index (χ1) is 9.16. The molecule has 2 unspecified atom stereocenters. The van der Waals surface area contributed by atoms with Crippen LogP contribution in [-0.2, 0) is 6.54 Å². The van der Waals surface area contributed by atoms with Gasteiger partial charge in [-0.05, 0) is 37.0 Å². The summed E-state index contributed by atoms with van der Waals surface area (Å²) < 4.78 is 12.9. The van der Waals surface area contributed by atoms with Crippen LogP contribution in [0, 0.1) is 11.7 Å². The molecule has 1 aliphatic heterocycles. The Morgan fingerprint density at radius 1 is 1.21 bits per heavy atom. The topological polar surface area (TPSA) is 23.5 Å². The van der Waals surface area contributed by atoms with Crippen molar-refractivity contribution in [2.24, 2.45) is 5.92 Å². The fourth-order valence-corrected chi connectivity index (χ4v) is 3.63. The number of piperidine rings is 1. The number of benzene rings is 1. The van der Waals surface area contributed by atoms with Crippen LogP contribution in [0.25, 0.3) is 0 Å². The zero-order valence-electron chi connectivity index (χ0n) is 11.3. The quantitative estimate of drug-likeness (QED) is 0.886. The van der Waals surface area contributed by atoms with E-state index in [0.717, 1.165) is 44.5 Å². The minimum Gasteiger partial charge on any atom is -0.390 e. The fraction of sp³-hybridized carbons (Fsp3) is 0.625. The second-order valence-corrected chi connectivity index (χ2v) is 6.16. The van der Waals surface area contributed by atoms with Crippen molar-refractivity contribution < 1.29 is 9.50 Å². The maximum atomic E-state index is 12.9. The summed E-state index contributed by atoms with van der Waals surface area (Å²) in [6.07, 6.45) is 5.43. The predicted molar refractivity (Wildman–Crippen MR) is 73.2 cm³/mol. The third-order valence-electron chi connectivity index (χ3n) is 4.83. The van der Waals surface area contributed by atoms with E-state index in [1.54, 1.807) is 0 Å². The number of hydrogen-bond acceptors (Lipinski definition) is 2. The molecule has 2 atom stereocenters. The van der Waals surface area contributed by atoms with Crippen LogP contribution in [0.15, 0.2) is 24.3 Å². The van der Waals surface area contributed by atoms with Gasteiger partial charge < -0.3 is 5.11 Å². The van der Waals surface area contributed by atoms with E-state index in [2.05, 4.69) is 4.90 Å². The van der Waals surface area contributed by atoms with Gasteiger partial charge in [-0.15, -0.1) is 0 Å².